The minimum absolute atomic E-state index is 0.0678. The second-order valence-corrected chi connectivity index (χ2v) is 6.93. The summed E-state index contributed by atoms with van der Waals surface area (Å²) in [6, 6.07) is 0. The molecule has 0 saturated heterocycles. The monoisotopic (exact) mass is 276 g/mol. The predicted octanol–water partition coefficient (Wildman–Crippen LogP) is 6.14. The molecular weight excluding hydrogens is 244 g/mol. The number of halogens is 1. The third-order valence-electron chi connectivity index (χ3n) is 3.21. The van der Waals surface area contributed by atoms with E-state index in [0.717, 1.165) is 13.0 Å². The van der Waals surface area contributed by atoms with Crippen LogP contribution >= 0.6 is 11.6 Å². The highest BCUT2D eigenvalue weighted by Crippen LogP contribution is 2.22. The van der Waals surface area contributed by atoms with E-state index in [-0.39, 0.29) is 5.56 Å². The Morgan fingerprint density at radius 1 is 0.889 bits per heavy atom. The molecule has 0 rings (SSSR count). The minimum Gasteiger partial charge on any atom is -0.363 e. The Morgan fingerprint density at radius 2 is 1.39 bits per heavy atom. The molecule has 0 N–H and O–H groups in total. The fraction of sp³-hybridized carbons (Fsp3) is 1.00. The average Bonchev–Trinajstić information content (AvgIpc) is 2.25. The Morgan fingerprint density at radius 3 is 1.89 bits per heavy atom. The Bertz CT molecular complexity index is 174. The Hall–Kier alpha value is 0.250. The fourth-order valence-electron chi connectivity index (χ4n) is 2.11. The van der Waals surface area contributed by atoms with Gasteiger partial charge in [-0.1, -0.05) is 70.9 Å². The molecule has 0 aromatic heterocycles. The van der Waals surface area contributed by atoms with Crippen molar-refractivity contribution in [2.24, 2.45) is 5.41 Å². The van der Waals surface area contributed by atoms with Crippen molar-refractivity contribution < 1.29 is 4.74 Å². The summed E-state index contributed by atoms with van der Waals surface area (Å²) >= 11 is 5.98. The summed E-state index contributed by atoms with van der Waals surface area (Å²) in [6.07, 6.45) is 11.8. The van der Waals surface area contributed by atoms with Crippen LogP contribution in [0.1, 0.15) is 85.5 Å². The average molecular weight is 277 g/mol. The number of rotatable bonds is 11. The smallest absolute Gasteiger partial charge is 0.131 e. The molecule has 0 aliphatic carbocycles. The molecule has 18 heavy (non-hydrogen) atoms. The first-order chi connectivity index (χ1) is 8.45. The van der Waals surface area contributed by atoms with Gasteiger partial charge in [0.25, 0.3) is 0 Å². The largest absolute Gasteiger partial charge is 0.363 e. The van der Waals surface area contributed by atoms with Crippen LogP contribution in [0.3, 0.4) is 0 Å². The van der Waals surface area contributed by atoms with Gasteiger partial charge in [0, 0.05) is 6.61 Å². The Labute approximate surface area is 120 Å². The molecule has 0 heterocycles. The first-order valence-corrected chi connectivity index (χ1v) is 8.15. The van der Waals surface area contributed by atoms with Crippen molar-refractivity contribution in [3.05, 3.63) is 0 Å². The third-order valence-corrected chi connectivity index (χ3v) is 3.55. The van der Waals surface area contributed by atoms with Crippen molar-refractivity contribution in [3.63, 3.8) is 0 Å². The first-order valence-electron chi connectivity index (χ1n) is 7.71. The van der Waals surface area contributed by atoms with Crippen LogP contribution in [-0.4, -0.2) is 12.2 Å². The van der Waals surface area contributed by atoms with Gasteiger partial charge in [0.2, 0.25) is 0 Å². The number of alkyl halides is 1. The fourth-order valence-corrected chi connectivity index (χ4v) is 2.39. The lowest BCUT2D eigenvalue weighted by Crippen LogP contribution is -2.04. The summed E-state index contributed by atoms with van der Waals surface area (Å²) in [5.41, 5.74) is 0.441. The van der Waals surface area contributed by atoms with Crippen molar-refractivity contribution >= 4 is 11.6 Å². The van der Waals surface area contributed by atoms with Crippen LogP contribution in [0, 0.1) is 5.41 Å². The van der Waals surface area contributed by atoms with E-state index < -0.39 is 0 Å². The number of hydrogen-bond acceptors (Lipinski definition) is 1. The van der Waals surface area contributed by atoms with Gasteiger partial charge in [0.15, 0.2) is 0 Å². The van der Waals surface area contributed by atoms with Gasteiger partial charge in [-0.15, -0.1) is 0 Å². The van der Waals surface area contributed by atoms with Gasteiger partial charge >= 0.3 is 0 Å². The van der Waals surface area contributed by atoms with Gasteiger partial charge in [0.1, 0.15) is 5.56 Å². The van der Waals surface area contributed by atoms with Gasteiger partial charge in [-0.05, 0) is 31.6 Å². The van der Waals surface area contributed by atoms with Gasteiger partial charge < -0.3 is 4.74 Å². The second kappa shape index (κ2) is 11.1. The zero-order chi connectivity index (χ0) is 13.9. The van der Waals surface area contributed by atoms with Gasteiger partial charge in [0.05, 0.1) is 0 Å². The molecule has 0 aliphatic heterocycles. The van der Waals surface area contributed by atoms with Crippen molar-refractivity contribution in [2.75, 3.05) is 6.61 Å². The number of ether oxygens (including phenoxy) is 1. The lowest BCUT2D eigenvalue weighted by atomic mass is 9.89. The van der Waals surface area contributed by atoms with E-state index in [0.29, 0.717) is 5.41 Å². The minimum atomic E-state index is -0.0678. The Balaban J connectivity index is 3.12. The van der Waals surface area contributed by atoms with Crippen molar-refractivity contribution in [1.29, 1.82) is 0 Å². The van der Waals surface area contributed by atoms with Gasteiger partial charge in [-0.25, -0.2) is 0 Å². The van der Waals surface area contributed by atoms with Crippen LogP contribution in [-0.2, 0) is 4.74 Å². The van der Waals surface area contributed by atoms with Crippen molar-refractivity contribution in [2.45, 2.75) is 91.0 Å². The molecule has 0 fully saturated rings. The molecule has 0 aromatic carbocycles. The van der Waals surface area contributed by atoms with E-state index in [1.54, 1.807) is 0 Å². The topological polar surface area (TPSA) is 9.23 Å². The lowest BCUT2D eigenvalue weighted by Gasteiger charge is -2.17. The van der Waals surface area contributed by atoms with E-state index in [4.69, 9.17) is 16.3 Å². The van der Waals surface area contributed by atoms with Crippen LogP contribution < -0.4 is 0 Å². The molecule has 0 saturated carbocycles. The summed E-state index contributed by atoms with van der Waals surface area (Å²) < 4.78 is 5.30. The van der Waals surface area contributed by atoms with Crippen LogP contribution in [0.2, 0.25) is 0 Å². The molecule has 2 heteroatoms. The molecule has 0 spiro atoms. The molecule has 110 valence electrons. The highest BCUT2D eigenvalue weighted by Gasteiger charge is 2.08. The highest BCUT2D eigenvalue weighted by molar-refractivity contribution is 6.19. The number of unbranched alkanes of at least 4 members (excludes halogenated alkanes) is 6. The summed E-state index contributed by atoms with van der Waals surface area (Å²) in [6.45, 7) is 9.70. The second-order valence-electron chi connectivity index (χ2n) is 6.44. The molecular formula is C16H33ClO. The maximum Gasteiger partial charge on any atom is 0.131 e. The van der Waals surface area contributed by atoms with Crippen LogP contribution in [0.4, 0.5) is 0 Å². The molecule has 0 amide bonds. The highest BCUT2D eigenvalue weighted by atomic mass is 35.5. The molecule has 1 nitrogen and oxygen atoms in total. The molecule has 0 aliphatic rings. The maximum atomic E-state index is 5.98. The lowest BCUT2D eigenvalue weighted by molar-refractivity contribution is 0.112. The zero-order valence-corrected chi connectivity index (χ0v) is 13.7. The molecule has 1 unspecified atom stereocenters. The molecule has 0 radical (unpaired) electrons. The third kappa shape index (κ3) is 14.3. The summed E-state index contributed by atoms with van der Waals surface area (Å²) in [5.74, 6) is 0. The number of hydrogen-bond donors (Lipinski definition) is 0. The quantitative estimate of drug-likeness (QED) is 0.325. The van der Waals surface area contributed by atoms with Crippen LogP contribution in [0.25, 0.3) is 0 Å². The summed E-state index contributed by atoms with van der Waals surface area (Å²) in [5, 5.41) is 0. The molecule has 0 aromatic rings. The molecule has 1 atom stereocenters. The van der Waals surface area contributed by atoms with E-state index in [9.17, 15) is 0 Å². The summed E-state index contributed by atoms with van der Waals surface area (Å²) in [7, 11) is 0. The normalized spacial score (nSPS) is 13.8. The zero-order valence-electron chi connectivity index (χ0n) is 12.9. The van der Waals surface area contributed by atoms with E-state index in [1.807, 2.05) is 6.92 Å². The van der Waals surface area contributed by atoms with Crippen LogP contribution in [0.5, 0.6) is 0 Å². The SMILES string of the molecule is CCOC(Cl)CCCCCCCCCC(C)(C)C. The standard InChI is InChI=1S/C16H33ClO/c1-5-18-15(17)13-11-9-7-6-8-10-12-14-16(2,3)4/h15H,5-14H2,1-4H3. The van der Waals surface area contributed by atoms with Gasteiger partial charge in [-0.3, -0.25) is 0 Å². The maximum absolute atomic E-state index is 5.98. The first kappa shape index (κ1) is 18.2. The summed E-state index contributed by atoms with van der Waals surface area (Å²) in [4.78, 5) is 0. The van der Waals surface area contributed by atoms with Gasteiger partial charge in [-0.2, -0.15) is 0 Å². The van der Waals surface area contributed by atoms with E-state index in [2.05, 4.69) is 20.8 Å². The van der Waals surface area contributed by atoms with E-state index >= 15 is 0 Å². The van der Waals surface area contributed by atoms with Crippen molar-refractivity contribution in [1.82, 2.24) is 0 Å². The molecule has 0 bridgehead atoms. The van der Waals surface area contributed by atoms with Crippen molar-refractivity contribution in [3.8, 4) is 0 Å². The van der Waals surface area contributed by atoms with E-state index in [1.165, 1.54) is 51.4 Å². The Kier molecular flexibility index (Phi) is 11.3. The van der Waals surface area contributed by atoms with Crippen LogP contribution in [0.15, 0.2) is 0 Å². The predicted molar refractivity (Wildman–Crippen MR) is 82.3 cm³/mol.